The Morgan fingerprint density at radius 3 is 2.40 bits per heavy atom. The van der Waals surface area contributed by atoms with E-state index in [2.05, 4.69) is 54.7 Å². The molecule has 0 fully saturated rings. The zero-order valence-electron chi connectivity index (χ0n) is 14.8. The quantitative estimate of drug-likeness (QED) is 0.734. The van der Waals surface area contributed by atoms with Crippen molar-refractivity contribution in [3.8, 4) is 0 Å². The van der Waals surface area contributed by atoms with Gasteiger partial charge in [-0.15, -0.1) is 0 Å². The highest BCUT2D eigenvalue weighted by Crippen LogP contribution is 2.21. The minimum absolute atomic E-state index is 0.0402. The molecule has 0 spiro atoms. The predicted octanol–water partition coefficient (Wildman–Crippen LogP) is 4.20. The van der Waals surface area contributed by atoms with E-state index in [0.29, 0.717) is 19.0 Å². The second-order valence-corrected chi connectivity index (χ2v) is 6.50. The molecular formula is C22H24N2O. The second-order valence-electron chi connectivity index (χ2n) is 6.50. The molecular weight excluding hydrogens is 308 g/mol. The third-order valence-electron chi connectivity index (χ3n) is 4.53. The number of rotatable bonds is 6. The van der Waals surface area contributed by atoms with Crippen molar-refractivity contribution in [3.05, 3.63) is 78.4 Å². The van der Waals surface area contributed by atoms with Crippen LogP contribution in [0.3, 0.4) is 0 Å². The monoisotopic (exact) mass is 332 g/mol. The van der Waals surface area contributed by atoms with Crippen molar-refractivity contribution in [2.75, 3.05) is 25.0 Å². The molecule has 0 saturated heterocycles. The lowest BCUT2D eigenvalue weighted by molar-refractivity contribution is -0.119. The first-order valence-electron chi connectivity index (χ1n) is 8.65. The lowest BCUT2D eigenvalue weighted by Gasteiger charge is -2.20. The summed E-state index contributed by atoms with van der Waals surface area (Å²) in [6.07, 6.45) is 0. The summed E-state index contributed by atoms with van der Waals surface area (Å²) in [5.74, 6) is 0.342. The van der Waals surface area contributed by atoms with E-state index in [-0.39, 0.29) is 5.91 Å². The van der Waals surface area contributed by atoms with Crippen LogP contribution in [0.4, 0.5) is 5.69 Å². The minimum Gasteiger partial charge on any atom is -0.365 e. The number of hydrogen-bond acceptors (Lipinski definition) is 2. The molecule has 3 aromatic carbocycles. The maximum Gasteiger partial charge on any atom is 0.239 e. The smallest absolute Gasteiger partial charge is 0.239 e. The van der Waals surface area contributed by atoms with Gasteiger partial charge in [0.15, 0.2) is 0 Å². The summed E-state index contributed by atoms with van der Waals surface area (Å²) in [6, 6.07) is 24.8. The fourth-order valence-corrected chi connectivity index (χ4v) is 2.94. The molecule has 3 heteroatoms. The standard InChI is InChI=1S/C22H24N2O/c1-17(18-8-4-3-5-9-18)15-23-22(25)16-24(2)21-13-12-19-10-6-7-11-20(19)14-21/h3-14,17H,15-16H2,1-2H3,(H,23,25)/t17-/m1/s1. The Kier molecular flexibility index (Phi) is 5.34. The summed E-state index contributed by atoms with van der Waals surface area (Å²) < 4.78 is 0. The van der Waals surface area contributed by atoms with E-state index in [0.717, 1.165) is 5.69 Å². The molecule has 128 valence electrons. The van der Waals surface area contributed by atoms with Crippen LogP contribution in [-0.2, 0) is 4.79 Å². The van der Waals surface area contributed by atoms with Gasteiger partial charge in [-0.2, -0.15) is 0 Å². The molecule has 25 heavy (non-hydrogen) atoms. The SMILES string of the molecule is C[C@H](CNC(=O)CN(C)c1ccc2ccccc2c1)c1ccccc1. The number of amides is 1. The number of carbonyl (C=O) groups is 1. The number of likely N-dealkylation sites (N-methyl/N-ethyl adjacent to an activating group) is 1. The molecule has 0 aliphatic rings. The fraction of sp³-hybridized carbons (Fsp3) is 0.227. The van der Waals surface area contributed by atoms with Gasteiger partial charge in [0.05, 0.1) is 6.54 Å². The summed E-state index contributed by atoms with van der Waals surface area (Å²) >= 11 is 0. The first kappa shape index (κ1) is 17.0. The van der Waals surface area contributed by atoms with Crippen LogP contribution in [-0.4, -0.2) is 26.0 Å². The van der Waals surface area contributed by atoms with E-state index in [4.69, 9.17) is 0 Å². The van der Waals surface area contributed by atoms with Crippen LogP contribution in [0.5, 0.6) is 0 Å². The van der Waals surface area contributed by atoms with Crippen molar-refractivity contribution in [2.24, 2.45) is 0 Å². The van der Waals surface area contributed by atoms with Gasteiger partial charge in [-0.25, -0.2) is 0 Å². The number of benzene rings is 3. The Morgan fingerprint density at radius 1 is 0.960 bits per heavy atom. The average Bonchev–Trinajstić information content (AvgIpc) is 2.66. The molecule has 0 unspecified atom stereocenters. The first-order chi connectivity index (χ1) is 12.1. The van der Waals surface area contributed by atoms with Crippen LogP contribution < -0.4 is 10.2 Å². The van der Waals surface area contributed by atoms with E-state index >= 15 is 0 Å². The Hall–Kier alpha value is -2.81. The Labute approximate surface area is 149 Å². The molecule has 1 atom stereocenters. The van der Waals surface area contributed by atoms with E-state index in [1.165, 1.54) is 16.3 Å². The molecule has 3 aromatic rings. The van der Waals surface area contributed by atoms with Gasteiger partial charge in [-0.3, -0.25) is 4.79 Å². The summed E-state index contributed by atoms with van der Waals surface area (Å²) in [5, 5.41) is 5.43. The van der Waals surface area contributed by atoms with Crippen molar-refractivity contribution >= 4 is 22.4 Å². The third kappa shape index (κ3) is 4.38. The molecule has 1 N–H and O–H groups in total. The van der Waals surface area contributed by atoms with Crippen molar-refractivity contribution in [1.82, 2.24) is 5.32 Å². The second kappa shape index (κ2) is 7.84. The number of fused-ring (bicyclic) bond motifs is 1. The van der Waals surface area contributed by atoms with Crippen LogP contribution >= 0.6 is 0 Å². The topological polar surface area (TPSA) is 32.3 Å². The van der Waals surface area contributed by atoms with Gasteiger partial charge in [0.1, 0.15) is 0 Å². The molecule has 3 rings (SSSR count). The fourth-order valence-electron chi connectivity index (χ4n) is 2.94. The van der Waals surface area contributed by atoms with Gasteiger partial charge in [-0.05, 0) is 34.4 Å². The molecule has 0 heterocycles. The molecule has 0 aliphatic heterocycles. The van der Waals surface area contributed by atoms with Crippen LogP contribution in [0.15, 0.2) is 72.8 Å². The molecule has 0 aliphatic carbocycles. The van der Waals surface area contributed by atoms with Gasteiger partial charge in [-0.1, -0.05) is 67.6 Å². The molecule has 0 saturated carbocycles. The Morgan fingerprint density at radius 2 is 1.64 bits per heavy atom. The molecule has 3 nitrogen and oxygen atoms in total. The van der Waals surface area contributed by atoms with Gasteiger partial charge in [0, 0.05) is 19.3 Å². The number of carbonyl (C=O) groups excluding carboxylic acids is 1. The summed E-state index contributed by atoms with van der Waals surface area (Å²) in [6.45, 7) is 3.12. The van der Waals surface area contributed by atoms with Gasteiger partial charge >= 0.3 is 0 Å². The van der Waals surface area contributed by atoms with Crippen molar-refractivity contribution in [1.29, 1.82) is 0 Å². The Balaban J connectivity index is 1.56. The molecule has 1 amide bonds. The van der Waals surface area contributed by atoms with Crippen LogP contribution in [0.25, 0.3) is 10.8 Å². The van der Waals surface area contributed by atoms with Gasteiger partial charge < -0.3 is 10.2 Å². The zero-order chi connectivity index (χ0) is 17.6. The highest BCUT2D eigenvalue weighted by molar-refractivity contribution is 5.87. The summed E-state index contributed by atoms with van der Waals surface area (Å²) in [7, 11) is 1.95. The van der Waals surface area contributed by atoms with E-state index < -0.39 is 0 Å². The van der Waals surface area contributed by atoms with Crippen LogP contribution in [0, 0.1) is 0 Å². The normalized spacial score (nSPS) is 11.9. The van der Waals surface area contributed by atoms with E-state index in [1.807, 2.05) is 42.3 Å². The first-order valence-corrected chi connectivity index (χ1v) is 8.65. The zero-order valence-corrected chi connectivity index (χ0v) is 14.8. The van der Waals surface area contributed by atoms with Gasteiger partial charge in [0.25, 0.3) is 0 Å². The van der Waals surface area contributed by atoms with E-state index in [9.17, 15) is 4.79 Å². The highest BCUT2D eigenvalue weighted by atomic mass is 16.2. The van der Waals surface area contributed by atoms with Crippen LogP contribution in [0.2, 0.25) is 0 Å². The van der Waals surface area contributed by atoms with Gasteiger partial charge in [0.2, 0.25) is 5.91 Å². The van der Waals surface area contributed by atoms with Crippen molar-refractivity contribution in [3.63, 3.8) is 0 Å². The number of hydrogen-bond donors (Lipinski definition) is 1. The Bertz CT molecular complexity index is 845. The summed E-state index contributed by atoms with van der Waals surface area (Å²) in [4.78, 5) is 14.3. The minimum atomic E-state index is 0.0402. The average molecular weight is 332 g/mol. The predicted molar refractivity (Wildman–Crippen MR) is 105 cm³/mol. The largest absolute Gasteiger partial charge is 0.365 e. The van der Waals surface area contributed by atoms with Crippen molar-refractivity contribution < 1.29 is 4.79 Å². The molecule has 0 aromatic heterocycles. The van der Waals surface area contributed by atoms with Crippen LogP contribution in [0.1, 0.15) is 18.4 Å². The number of nitrogens with one attached hydrogen (secondary N) is 1. The van der Waals surface area contributed by atoms with E-state index in [1.54, 1.807) is 0 Å². The number of nitrogens with zero attached hydrogens (tertiary/aromatic N) is 1. The molecule has 0 bridgehead atoms. The third-order valence-corrected chi connectivity index (χ3v) is 4.53. The van der Waals surface area contributed by atoms with Crippen molar-refractivity contribution in [2.45, 2.75) is 12.8 Å². The summed E-state index contributed by atoms with van der Waals surface area (Å²) in [5.41, 5.74) is 2.29. The maximum atomic E-state index is 12.3. The number of anilines is 1. The highest BCUT2D eigenvalue weighted by Gasteiger charge is 2.10. The lowest BCUT2D eigenvalue weighted by atomic mass is 10.0. The maximum absolute atomic E-state index is 12.3. The lowest BCUT2D eigenvalue weighted by Crippen LogP contribution is -2.36. The molecule has 0 radical (unpaired) electrons.